The highest BCUT2D eigenvalue weighted by atomic mass is 16.5. The van der Waals surface area contributed by atoms with Crippen molar-refractivity contribution in [2.75, 3.05) is 30.0 Å². The van der Waals surface area contributed by atoms with Crippen LogP contribution in [0.4, 0.5) is 17.1 Å². The number of carboxylic acid groups (broad SMARTS) is 1. The van der Waals surface area contributed by atoms with Gasteiger partial charge in [0.1, 0.15) is 6.33 Å². The number of nitrogens with zero attached hydrogens (tertiary/aromatic N) is 4. The van der Waals surface area contributed by atoms with E-state index in [1.165, 1.54) is 0 Å². The second-order valence-corrected chi connectivity index (χ2v) is 8.25. The Morgan fingerprint density at radius 2 is 2.09 bits per heavy atom. The monoisotopic (exact) mass is 437 g/mol. The number of fused-ring (bicyclic) bond motifs is 1. The molecule has 0 unspecified atom stereocenters. The van der Waals surface area contributed by atoms with E-state index in [2.05, 4.69) is 45.5 Å². The van der Waals surface area contributed by atoms with Gasteiger partial charge in [0.25, 0.3) is 0 Å². The van der Waals surface area contributed by atoms with Crippen LogP contribution >= 0.6 is 0 Å². The van der Waals surface area contributed by atoms with Crippen LogP contribution in [0.5, 0.6) is 0 Å². The van der Waals surface area contributed by atoms with Crippen LogP contribution < -0.4 is 10.2 Å². The van der Waals surface area contributed by atoms with Gasteiger partial charge in [-0.05, 0) is 61.9 Å². The number of aromatic nitrogens is 3. The fourth-order valence-electron chi connectivity index (χ4n) is 4.55. The molecule has 1 atom stereocenters. The van der Waals surface area contributed by atoms with Crippen molar-refractivity contribution in [2.24, 2.45) is 0 Å². The first-order valence-corrected chi connectivity index (χ1v) is 11.4. The summed E-state index contributed by atoms with van der Waals surface area (Å²) < 4.78 is 7.46. The van der Waals surface area contributed by atoms with Gasteiger partial charge in [-0.1, -0.05) is 13.0 Å². The molecule has 0 spiro atoms. The number of rotatable bonds is 9. The minimum Gasteiger partial charge on any atom is -0.481 e. The topological polar surface area (TPSA) is 92.0 Å². The maximum atomic E-state index is 11.4. The molecule has 1 saturated heterocycles. The molecule has 0 aliphatic carbocycles. The number of benzene rings is 1. The van der Waals surface area contributed by atoms with Gasteiger partial charge in [0.15, 0.2) is 5.65 Å². The summed E-state index contributed by atoms with van der Waals surface area (Å²) in [7, 11) is 0. The van der Waals surface area contributed by atoms with Crippen molar-refractivity contribution in [3.63, 3.8) is 0 Å². The second-order valence-electron chi connectivity index (χ2n) is 8.25. The van der Waals surface area contributed by atoms with E-state index in [1.54, 1.807) is 6.33 Å². The lowest BCUT2D eigenvalue weighted by molar-refractivity contribution is -0.137. The first kappa shape index (κ1) is 22.1. The quantitative estimate of drug-likeness (QED) is 0.511. The molecule has 2 aromatic heterocycles. The van der Waals surface area contributed by atoms with E-state index in [1.807, 2.05) is 29.7 Å². The first-order chi connectivity index (χ1) is 15.6. The number of carboxylic acids is 1. The summed E-state index contributed by atoms with van der Waals surface area (Å²) in [6.07, 6.45) is 6.54. The van der Waals surface area contributed by atoms with Crippen molar-refractivity contribution < 1.29 is 14.6 Å². The third-order valence-electron chi connectivity index (χ3n) is 6.26. The number of ether oxygens (including phenoxy) is 1. The Morgan fingerprint density at radius 1 is 1.28 bits per heavy atom. The average molecular weight is 438 g/mol. The van der Waals surface area contributed by atoms with Crippen LogP contribution in [0.2, 0.25) is 0 Å². The van der Waals surface area contributed by atoms with Crippen molar-refractivity contribution >= 4 is 28.7 Å². The predicted molar refractivity (Wildman–Crippen MR) is 125 cm³/mol. The summed E-state index contributed by atoms with van der Waals surface area (Å²) in [6, 6.07) is 10.7. The molecule has 1 aliphatic heterocycles. The van der Waals surface area contributed by atoms with E-state index in [0.29, 0.717) is 6.04 Å². The molecule has 1 fully saturated rings. The molecule has 1 aromatic carbocycles. The van der Waals surface area contributed by atoms with Gasteiger partial charge in [0.2, 0.25) is 0 Å². The van der Waals surface area contributed by atoms with Gasteiger partial charge in [-0.3, -0.25) is 9.20 Å². The number of hydrogen-bond donors (Lipinski definition) is 2. The SMILES string of the molecule is CC[C@@H](CC(=O)O)c1ccc(N(CC)C2CCOCC2)c(Nc2ccc3nncn3c2)c1. The molecule has 1 aliphatic rings. The maximum Gasteiger partial charge on any atom is 0.303 e. The Morgan fingerprint density at radius 3 is 2.81 bits per heavy atom. The fourth-order valence-corrected chi connectivity index (χ4v) is 4.55. The summed E-state index contributed by atoms with van der Waals surface area (Å²) in [6.45, 7) is 6.66. The number of carbonyl (C=O) groups is 1. The maximum absolute atomic E-state index is 11.4. The van der Waals surface area contributed by atoms with E-state index in [4.69, 9.17) is 4.74 Å². The predicted octanol–water partition coefficient (Wildman–Crippen LogP) is 4.45. The largest absolute Gasteiger partial charge is 0.481 e. The number of anilines is 3. The molecular formula is C24H31N5O3. The smallest absolute Gasteiger partial charge is 0.303 e. The Kier molecular flexibility index (Phi) is 6.90. The van der Waals surface area contributed by atoms with Crippen LogP contribution in [0, 0.1) is 0 Å². The standard InChI is InChI=1S/C24H31N5O3/c1-3-17(14-24(30)31)18-5-7-22(29(4-2)20-9-11-32-12-10-20)21(13-18)26-19-6-8-23-27-25-16-28(23)15-19/h5-8,13,15-17,20,26H,3-4,9-12,14H2,1-2H3,(H,30,31)/t17-/m0/s1. The normalized spacial score (nSPS) is 15.6. The third kappa shape index (κ3) is 4.85. The van der Waals surface area contributed by atoms with E-state index in [9.17, 15) is 9.90 Å². The van der Waals surface area contributed by atoms with E-state index in [-0.39, 0.29) is 12.3 Å². The number of hydrogen-bond acceptors (Lipinski definition) is 6. The molecule has 2 N–H and O–H groups in total. The molecule has 32 heavy (non-hydrogen) atoms. The van der Waals surface area contributed by atoms with Gasteiger partial charge in [-0.15, -0.1) is 10.2 Å². The van der Waals surface area contributed by atoms with Crippen molar-refractivity contribution in [1.82, 2.24) is 14.6 Å². The van der Waals surface area contributed by atoms with Gasteiger partial charge in [-0.25, -0.2) is 0 Å². The molecule has 170 valence electrons. The highest BCUT2D eigenvalue weighted by Gasteiger charge is 2.24. The highest BCUT2D eigenvalue weighted by molar-refractivity contribution is 5.77. The van der Waals surface area contributed by atoms with Crippen molar-refractivity contribution in [3.8, 4) is 0 Å². The third-order valence-corrected chi connectivity index (χ3v) is 6.26. The summed E-state index contributed by atoms with van der Waals surface area (Å²) in [4.78, 5) is 13.8. The van der Waals surface area contributed by atoms with Crippen molar-refractivity contribution in [2.45, 2.75) is 51.5 Å². The highest BCUT2D eigenvalue weighted by Crippen LogP contribution is 2.36. The van der Waals surface area contributed by atoms with E-state index in [0.717, 1.165) is 67.3 Å². The van der Waals surface area contributed by atoms with Gasteiger partial charge >= 0.3 is 5.97 Å². The summed E-state index contributed by atoms with van der Waals surface area (Å²) in [5.74, 6) is -0.800. The lowest BCUT2D eigenvalue weighted by atomic mass is 9.92. The zero-order valence-corrected chi connectivity index (χ0v) is 18.7. The molecule has 0 saturated carbocycles. The fraction of sp³-hybridized carbons (Fsp3) is 0.458. The minimum atomic E-state index is -0.772. The Labute approximate surface area is 188 Å². The van der Waals surface area contributed by atoms with Crippen LogP contribution in [0.3, 0.4) is 0 Å². The summed E-state index contributed by atoms with van der Waals surface area (Å²) in [5, 5.41) is 21.0. The van der Waals surface area contributed by atoms with Crippen molar-refractivity contribution in [1.29, 1.82) is 0 Å². The van der Waals surface area contributed by atoms with Gasteiger partial charge < -0.3 is 20.1 Å². The van der Waals surface area contributed by atoms with Crippen LogP contribution in [-0.4, -0.2) is 51.5 Å². The second kappa shape index (κ2) is 9.99. The molecule has 0 amide bonds. The average Bonchev–Trinajstić information content (AvgIpc) is 3.27. The zero-order chi connectivity index (χ0) is 22.5. The lowest BCUT2D eigenvalue weighted by Gasteiger charge is -2.37. The molecule has 8 heteroatoms. The minimum absolute atomic E-state index is 0.0272. The molecule has 4 rings (SSSR count). The van der Waals surface area contributed by atoms with E-state index >= 15 is 0 Å². The summed E-state index contributed by atoms with van der Waals surface area (Å²) in [5.41, 5.74) is 4.85. The Balaban J connectivity index is 1.72. The molecule has 3 heterocycles. The van der Waals surface area contributed by atoms with Crippen LogP contribution in [-0.2, 0) is 9.53 Å². The number of pyridine rings is 1. The molecule has 3 aromatic rings. The number of nitrogens with one attached hydrogen (secondary N) is 1. The Hall–Kier alpha value is -3.13. The van der Waals surface area contributed by atoms with Gasteiger partial charge in [0, 0.05) is 32.0 Å². The van der Waals surface area contributed by atoms with Crippen LogP contribution in [0.1, 0.15) is 51.0 Å². The number of aliphatic carboxylic acids is 1. The van der Waals surface area contributed by atoms with Crippen molar-refractivity contribution in [3.05, 3.63) is 48.4 Å². The molecule has 0 bridgehead atoms. The molecule has 8 nitrogen and oxygen atoms in total. The van der Waals surface area contributed by atoms with Gasteiger partial charge in [0.05, 0.1) is 23.5 Å². The first-order valence-electron chi connectivity index (χ1n) is 11.4. The lowest BCUT2D eigenvalue weighted by Crippen LogP contribution is -2.39. The van der Waals surface area contributed by atoms with Crippen LogP contribution in [0.15, 0.2) is 42.9 Å². The molecular weight excluding hydrogens is 406 g/mol. The zero-order valence-electron chi connectivity index (χ0n) is 18.7. The molecule has 0 radical (unpaired) electrons. The Bertz CT molecular complexity index is 1060. The van der Waals surface area contributed by atoms with Gasteiger partial charge in [-0.2, -0.15) is 0 Å². The summed E-state index contributed by atoms with van der Waals surface area (Å²) >= 11 is 0. The van der Waals surface area contributed by atoms with E-state index < -0.39 is 5.97 Å². The van der Waals surface area contributed by atoms with Crippen LogP contribution in [0.25, 0.3) is 5.65 Å².